The van der Waals surface area contributed by atoms with Crippen molar-refractivity contribution < 1.29 is 9.18 Å². The molecule has 0 spiro atoms. The van der Waals surface area contributed by atoms with Crippen molar-refractivity contribution in [2.24, 2.45) is 0 Å². The second-order valence-corrected chi connectivity index (χ2v) is 6.91. The molecular weight excluding hydrogens is 414 g/mol. The van der Waals surface area contributed by atoms with Crippen molar-refractivity contribution in [2.45, 2.75) is 13.5 Å². The third kappa shape index (κ3) is 4.65. The number of nitrogens with one attached hydrogen (secondary N) is 1. The summed E-state index contributed by atoms with van der Waals surface area (Å²) < 4.78 is 15.3. The van der Waals surface area contributed by atoms with Crippen LogP contribution in [0.25, 0.3) is 6.08 Å². The Morgan fingerprint density at radius 2 is 1.93 bits per heavy atom. The maximum absolute atomic E-state index is 13.8. The SMILES string of the molecule is Cc1nn(Cc2ccccc2Cl)c(Cl)c1/C=C(\C#N)C(=O)Nc1ccccc1F. The van der Waals surface area contributed by atoms with E-state index in [-0.39, 0.29) is 16.4 Å². The smallest absolute Gasteiger partial charge is 0.266 e. The van der Waals surface area contributed by atoms with Gasteiger partial charge < -0.3 is 5.32 Å². The van der Waals surface area contributed by atoms with Gasteiger partial charge in [-0.1, -0.05) is 53.5 Å². The van der Waals surface area contributed by atoms with Crippen LogP contribution in [0, 0.1) is 24.1 Å². The third-order valence-corrected chi connectivity index (χ3v) is 4.93. The molecule has 0 atom stereocenters. The molecule has 2 aromatic carbocycles. The summed E-state index contributed by atoms with van der Waals surface area (Å²) in [5, 5.41) is 17.0. The number of hydrogen-bond donors (Lipinski definition) is 1. The zero-order chi connectivity index (χ0) is 21.0. The van der Waals surface area contributed by atoms with Gasteiger partial charge in [-0.15, -0.1) is 0 Å². The number of aromatic nitrogens is 2. The summed E-state index contributed by atoms with van der Waals surface area (Å²) in [6.07, 6.45) is 1.34. The minimum Gasteiger partial charge on any atom is -0.319 e. The van der Waals surface area contributed by atoms with E-state index in [1.54, 1.807) is 19.1 Å². The molecule has 0 aliphatic rings. The number of para-hydroxylation sites is 1. The average molecular weight is 429 g/mol. The average Bonchev–Trinajstić information content (AvgIpc) is 2.96. The number of amides is 1. The molecule has 0 radical (unpaired) electrons. The lowest BCUT2D eigenvalue weighted by Gasteiger charge is -2.06. The van der Waals surface area contributed by atoms with Crippen LogP contribution in [-0.2, 0) is 11.3 Å². The van der Waals surface area contributed by atoms with E-state index in [1.807, 2.05) is 24.3 Å². The molecular formula is C21H15Cl2FN4O. The summed E-state index contributed by atoms with van der Waals surface area (Å²) >= 11 is 12.6. The number of halogens is 3. The van der Waals surface area contributed by atoms with E-state index >= 15 is 0 Å². The largest absolute Gasteiger partial charge is 0.319 e. The molecule has 1 heterocycles. The first-order chi connectivity index (χ1) is 13.9. The van der Waals surface area contributed by atoms with Crippen molar-refractivity contribution in [3.05, 3.63) is 86.9 Å². The predicted octanol–water partition coefficient (Wildman–Crippen LogP) is 5.23. The molecule has 0 saturated heterocycles. The highest BCUT2D eigenvalue weighted by Crippen LogP contribution is 2.25. The van der Waals surface area contributed by atoms with E-state index in [0.717, 1.165) is 5.56 Å². The van der Waals surface area contributed by atoms with Crippen LogP contribution in [-0.4, -0.2) is 15.7 Å². The van der Waals surface area contributed by atoms with Crippen LogP contribution in [0.5, 0.6) is 0 Å². The first-order valence-electron chi connectivity index (χ1n) is 8.54. The van der Waals surface area contributed by atoms with Crippen molar-refractivity contribution in [3.63, 3.8) is 0 Å². The number of rotatable bonds is 5. The lowest BCUT2D eigenvalue weighted by molar-refractivity contribution is -0.112. The molecule has 0 bridgehead atoms. The zero-order valence-electron chi connectivity index (χ0n) is 15.3. The number of anilines is 1. The van der Waals surface area contributed by atoms with Crippen molar-refractivity contribution in [3.8, 4) is 6.07 Å². The van der Waals surface area contributed by atoms with Crippen LogP contribution >= 0.6 is 23.2 Å². The Balaban J connectivity index is 1.89. The molecule has 0 saturated carbocycles. The van der Waals surface area contributed by atoms with Gasteiger partial charge in [0, 0.05) is 10.6 Å². The molecule has 0 aliphatic heterocycles. The summed E-state index contributed by atoms with van der Waals surface area (Å²) in [6, 6.07) is 14.8. The van der Waals surface area contributed by atoms with Crippen molar-refractivity contribution in [2.75, 3.05) is 5.32 Å². The van der Waals surface area contributed by atoms with Crippen LogP contribution in [0.3, 0.4) is 0 Å². The molecule has 146 valence electrons. The van der Waals surface area contributed by atoms with E-state index in [4.69, 9.17) is 23.2 Å². The summed E-state index contributed by atoms with van der Waals surface area (Å²) in [5.74, 6) is -1.34. The van der Waals surface area contributed by atoms with Gasteiger partial charge in [0.25, 0.3) is 5.91 Å². The summed E-state index contributed by atoms with van der Waals surface area (Å²) in [4.78, 5) is 12.4. The van der Waals surface area contributed by atoms with E-state index < -0.39 is 11.7 Å². The molecule has 0 fully saturated rings. The van der Waals surface area contributed by atoms with Crippen LogP contribution in [0.2, 0.25) is 10.2 Å². The number of carbonyl (C=O) groups is 1. The maximum atomic E-state index is 13.8. The van der Waals surface area contributed by atoms with Gasteiger partial charge in [0.15, 0.2) is 0 Å². The number of benzene rings is 2. The fraction of sp³-hybridized carbons (Fsp3) is 0.0952. The molecule has 1 aromatic heterocycles. The summed E-state index contributed by atoms with van der Waals surface area (Å²) in [5.41, 5.74) is 1.55. The first-order valence-corrected chi connectivity index (χ1v) is 9.30. The zero-order valence-corrected chi connectivity index (χ0v) is 16.8. The maximum Gasteiger partial charge on any atom is 0.266 e. The Hall–Kier alpha value is -3.14. The topological polar surface area (TPSA) is 70.7 Å². The molecule has 1 amide bonds. The highest BCUT2D eigenvalue weighted by Gasteiger charge is 2.17. The van der Waals surface area contributed by atoms with E-state index in [1.165, 1.54) is 29.0 Å². The lowest BCUT2D eigenvalue weighted by Crippen LogP contribution is -2.14. The molecule has 29 heavy (non-hydrogen) atoms. The highest BCUT2D eigenvalue weighted by molar-refractivity contribution is 6.32. The standard InChI is InChI=1S/C21H15Cl2FN4O/c1-13-16(20(23)28(27-13)12-14-6-2-3-7-17(14)22)10-15(11-25)21(29)26-19-9-5-4-8-18(19)24/h2-10H,12H2,1H3,(H,26,29)/b15-10+. The van der Waals surface area contributed by atoms with Gasteiger partial charge in [-0.2, -0.15) is 10.4 Å². The number of hydrogen-bond acceptors (Lipinski definition) is 3. The van der Waals surface area contributed by atoms with Crippen molar-refractivity contribution >= 4 is 40.9 Å². The van der Waals surface area contributed by atoms with Crippen molar-refractivity contribution in [1.82, 2.24) is 9.78 Å². The van der Waals surface area contributed by atoms with Crippen LogP contribution < -0.4 is 5.32 Å². The molecule has 8 heteroatoms. The van der Waals surface area contributed by atoms with Gasteiger partial charge in [-0.25, -0.2) is 9.07 Å². The van der Waals surface area contributed by atoms with E-state index in [0.29, 0.717) is 22.8 Å². The van der Waals surface area contributed by atoms with Crippen LogP contribution in [0.4, 0.5) is 10.1 Å². The third-order valence-electron chi connectivity index (χ3n) is 4.16. The number of carbonyl (C=O) groups excluding carboxylic acids is 1. The Morgan fingerprint density at radius 3 is 2.62 bits per heavy atom. The van der Waals surface area contributed by atoms with E-state index in [9.17, 15) is 14.4 Å². The summed E-state index contributed by atoms with van der Waals surface area (Å²) in [7, 11) is 0. The van der Waals surface area contributed by atoms with Crippen LogP contribution in [0.1, 0.15) is 16.8 Å². The molecule has 1 N–H and O–H groups in total. The fourth-order valence-electron chi connectivity index (χ4n) is 2.67. The Kier molecular flexibility index (Phi) is 6.32. The second-order valence-electron chi connectivity index (χ2n) is 6.14. The van der Waals surface area contributed by atoms with Gasteiger partial charge in [0.1, 0.15) is 22.6 Å². The molecule has 3 rings (SSSR count). The lowest BCUT2D eigenvalue weighted by atomic mass is 10.1. The number of nitrogens with zero attached hydrogens (tertiary/aromatic N) is 3. The van der Waals surface area contributed by atoms with E-state index in [2.05, 4.69) is 10.4 Å². The normalized spacial score (nSPS) is 11.2. The minimum atomic E-state index is -0.744. The monoisotopic (exact) mass is 428 g/mol. The Labute approximate surface area is 177 Å². The molecule has 3 aromatic rings. The van der Waals surface area contributed by atoms with Gasteiger partial charge in [-0.3, -0.25) is 4.79 Å². The quantitative estimate of drug-likeness (QED) is 0.446. The summed E-state index contributed by atoms with van der Waals surface area (Å²) in [6.45, 7) is 2.04. The molecule has 5 nitrogen and oxygen atoms in total. The van der Waals surface area contributed by atoms with Gasteiger partial charge in [0.05, 0.1) is 17.9 Å². The van der Waals surface area contributed by atoms with Gasteiger partial charge >= 0.3 is 0 Å². The second kappa shape index (κ2) is 8.91. The van der Waals surface area contributed by atoms with Crippen LogP contribution in [0.15, 0.2) is 54.1 Å². The predicted molar refractivity (Wildman–Crippen MR) is 111 cm³/mol. The number of aryl methyl sites for hydroxylation is 1. The van der Waals surface area contributed by atoms with Gasteiger partial charge in [-0.05, 0) is 36.8 Å². The highest BCUT2D eigenvalue weighted by atomic mass is 35.5. The van der Waals surface area contributed by atoms with Gasteiger partial charge in [0.2, 0.25) is 0 Å². The Morgan fingerprint density at radius 1 is 1.24 bits per heavy atom. The Bertz CT molecular complexity index is 1150. The van der Waals surface area contributed by atoms with Crippen molar-refractivity contribution in [1.29, 1.82) is 5.26 Å². The molecule has 0 unspecified atom stereocenters. The molecule has 0 aliphatic carbocycles. The number of nitriles is 1. The minimum absolute atomic E-state index is 0.0177. The first kappa shape index (κ1) is 20.6. The fourth-order valence-corrected chi connectivity index (χ4v) is 3.15.